The van der Waals surface area contributed by atoms with Gasteiger partial charge in [0, 0.05) is 25.5 Å². The standard InChI is InChI=1S/C13H15N3O2/c17-8-7-15-9-11-1-3-12(4-2-11)18-13-10-14-5-6-16-13/h1-6,10,15,17H,7-9H2. The highest BCUT2D eigenvalue weighted by molar-refractivity contribution is 5.29. The van der Waals surface area contributed by atoms with Crippen molar-refractivity contribution in [3.8, 4) is 11.6 Å². The van der Waals surface area contributed by atoms with Crippen LogP contribution in [-0.4, -0.2) is 28.2 Å². The molecule has 0 unspecified atom stereocenters. The number of aliphatic hydroxyl groups is 1. The van der Waals surface area contributed by atoms with E-state index in [1.54, 1.807) is 18.6 Å². The van der Waals surface area contributed by atoms with Gasteiger partial charge in [0.2, 0.25) is 5.88 Å². The first-order valence-corrected chi connectivity index (χ1v) is 5.73. The molecule has 0 atom stereocenters. The number of aromatic nitrogens is 2. The van der Waals surface area contributed by atoms with Crippen LogP contribution >= 0.6 is 0 Å². The Morgan fingerprint density at radius 3 is 2.67 bits per heavy atom. The van der Waals surface area contributed by atoms with Crippen LogP contribution in [0, 0.1) is 0 Å². The van der Waals surface area contributed by atoms with Crippen molar-refractivity contribution in [2.45, 2.75) is 6.54 Å². The van der Waals surface area contributed by atoms with Gasteiger partial charge in [-0.05, 0) is 17.7 Å². The maximum Gasteiger partial charge on any atom is 0.237 e. The summed E-state index contributed by atoms with van der Waals surface area (Å²) in [6.07, 6.45) is 4.75. The lowest BCUT2D eigenvalue weighted by atomic mass is 10.2. The van der Waals surface area contributed by atoms with Crippen LogP contribution in [0.25, 0.3) is 0 Å². The number of aliphatic hydroxyl groups excluding tert-OH is 1. The number of nitrogens with zero attached hydrogens (tertiary/aromatic N) is 2. The molecule has 5 heteroatoms. The highest BCUT2D eigenvalue weighted by Crippen LogP contribution is 2.18. The van der Waals surface area contributed by atoms with Gasteiger partial charge >= 0.3 is 0 Å². The van der Waals surface area contributed by atoms with Gasteiger partial charge in [0.15, 0.2) is 0 Å². The normalized spacial score (nSPS) is 10.3. The van der Waals surface area contributed by atoms with Crippen LogP contribution in [-0.2, 0) is 6.54 Å². The summed E-state index contributed by atoms with van der Waals surface area (Å²) in [6, 6.07) is 7.70. The maximum atomic E-state index is 8.66. The smallest absolute Gasteiger partial charge is 0.237 e. The van der Waals surface area contributed by atoms with Gasteiger partial charge in [0.25, 0.3) is 0 Å². The van der Waals surface area contributed by atoms with E-state index in [2.05, 4.69) is 15.3 Å². The van der Waals surface area contributed by atoms with E-state index >= 15 is 0 Å². The van der Waals surface area contributed by atoms with Crippen molar-refractivity contribution >= 4 is 0 Å². The predicted molar refractivity (Wildman–Crippen MR) is 67.3 cm³/mol. The Labute approximate surface area is 105 Å². The zero-order valence-electron chi connectivity index (χ0n) is 9.91. The number of hydrogen-bond acceptors (Lipinski definition) is 5. The van der Waals surface area contributed by atoms with Crippen molar-refractivity contribution in [1.82, 2.24) is 15.3 Å². The first kappa shape index (κ1) is 12.5. The van der Waals surface area contributed by atoms with E-state index in [0.29, 0.717) is 12.4 Å². The summed E-state index contributed by atoms with van der Waals surface area (Å²) < 4.78 is 5.52. The number of benzene rings is 1. The second kappa shape index (κ2) is 6.68. The van der Waals surface area contributed by atoms with Crippen LogP contribution in [0.2, 0.25) is 0 Å². The molecule has 1 heterocycles. The third kappa shape index (κ3) is 3.80. The molecular formula is C13H15N3O2. The topological polar surface area (TPSA) is 67.3 Å². The number of nitrogens with one attached hydrogen (secondary N) is 1. The van der Waals surface area contributed by atoms with Crippen molar-refractivity contribution in [1.29, 1.82) is 0 Å². The molecule has 18 heavy (non-hydrogen) atoms. The van der Waals surface area contributed by atoms with Gasteiger partial charge in [-0.2, -0.15) is 0 Å². The molecule has 0 spiro atoms. The van der Waals surface area contributed by atoms with Crippen molar-refractivity contribution in [2.75, 3.05) is 13.2 Å². The molecule has 0 aliphatic rings. The van der Waals surface area contributed by atoms with Crippen molar-refractivity contribution in [3.05, 3.63) is 48.4 Å². The van der Waals surface area contributed by atoms with Gasteiger partial charge in [-0.3, -0.25) is 4.98 Å². The summed E-state index contributed by atoms with van der Waals surface area (Å²) in [5, 5.41) is 11.8. The molecule has 94 valence electrons. The third-order valence-electron chi connectivity index (χ3n) is 2.30. The van der Waals surface area contributed by atoms with Crippen molar-refractivity contribution < 1.29 is 9.84 Å². The van der Waals surface area contributed by atoms with Gasteiger partial charge < -0.3 is 15.2 Å². The van der Waals surface area contributed by atoms with E-state index in [-0.39, 0.29) is 6.61 Å². The zero-order chi connectivity index (χ0) is 12.6. The lowest BCUT2D eigenvalue weighted by Gasteiger charge is -2.06. The molecule has 5 nitrogen and oxygen atoms in total. The van der Waals surface area contributed by atoms with E-state index in [0.717, 1.165) is 17.9 Å². The first-order chi connectivity index (χ1) is 8.88. The number of hydrogen-bond donors (Lipinski definition) is 2. The van der Waals surface area contributed by atoms with Crippen LogP contribution in [0.3, 0.4) is 0 Å². The zero-order valence-corrected chi connectivity index (χ0v) is 9.91. The van der Waals surface area contributed by atoms with Crippen LogP contribution in [0.4, 0.5) is 0 Å². The largest absolute Gasteiger partial charge is 0.438 e. The van der Waals surface area contributed by atoms with Crippen molar-refractivity contribution in [3.63, 3.8) is 0 Å². The summed E-state index contributed by atoms with van der Waals surface area (Å²) in [5.41, 5.74) is 1.13. The molecule has 1 aromatic carbocycles. The monoisotopic (exact) mass is 245 g/mol. The third-order valence-corrected chi connectivity index (χ3v) is 2.30. The van der Waals surface area contributed by atoms with Gasteiger partial charge in [-0.15, -0.1) is 0 Å². The number of ether oxygens (including phenoxy) is 1. The summed E-state index contributed by atoms with van der Waals surface area (Å²) in [7, 11) is 0. The van der Waals surface area contributed by atoms with Crippen LogP contribution in [0.5, 0.6) is 11.6 Å². The molecule has 2 aromatic rings. The molecule has 0 radical (unpaired) electrons. The summed E-state index contributed by atoms with van der Waals surface area (Å²) >= 11 is 0. The fourth-order valence-electron chi connectivity index (χ4n) is 1.45. The molecule has 2 rings (SSSR count). The minimum Gasteiger partial charge on any atom is -0.438 e. The lowest BCUT2D eigenvalue weighted by Crippen LogP contribution is -2.17. The lowest BCUT2D eigenvalue weighted by molar-refractivity contribution is 0.292. The maximum absolute atomic E-state index is 8.66. The van der Waals surface area contributed by atoms with Crippen LogP contribution in [0.1, 0.15) is 5.56 Å². The Morgan fingerprint density at radius 2 is 2.00 bits per heavy atom. The van der Waals surface area contributed by atoms with E-state index in [1.807, 2.05) is 24.3 Å². The van der Waals surface area contributed by atoms with E-state index in [4.69, 9.17) is 9.84 Å². The van der Waals surface area contributed by atoms with Crippen LogP contribution < -0.4 is 10.1 Å². The number of rotatable bonds is 6. The van der Waals surface area contributed by atoms with Gasteiger partial charge in [-0.1, -0.05) is 12.1 Å². The quantitative estimate of drug-likeness (QED) is 0.752. The van der Waals surface area contributed by atoms with Crippen molar-refractivity contribution in [2.24, 2.45) is 0 Å². The van der Waals surface area contributed by atoms with Gasteiger partial charge in [0.05, 0.1) is 12.8 Å². The minimum atomic E-state index is 0.147. The molecule has 2 N–H and O–H groups in total. The Morgan fingerprint density at radius 1 is 1.17 bits per heavy atom. The average Bonchev–Trinajstić information content (AvgIpc) is 2.42. The van der Waals surface area contributed by atoms with Gasteiger partial charge in [-0.25, -0.2) is 4.98 Å². The molecule has 0 saturated heterocycles. The highest BCUT2D eigenvalue weighted by Gasteiger charge is 1.98. The molecule has 0 aliphatic heterocycles. The molecule has 0 saturated carbocycles. The average molecular weight is 245 g/mol. The summed E-state index contributed by atoms with van der Waals surface area (Å²) in [6.45, 7) is 1.47. The summed E-state index contributed by atoms with van der Waals surface area (Å²) in [5.74, 6) is 1.20. The predicted octanol–water partition coefficient (Wildman–Crippen LogP) is 1.35. The Balaban J connectivity index is 1.91. The fourth-order valence-corrected chi connectivity index (χ4v) is 1.45. The Bertz CT molecular complexity index is 459. The van der Waals surface area contributed by atoms with Crippen LogP contribution in [0.15, 0.2) is 42.9 Å². The Hall–Kier alpha value is -1.98. The molecular weight excluding hydrogens is 230 g/mol. The molecule has 0 fully saturated rings. The molecule has 0 aliphatic carbocycles. The van der Waals surface area contributed by atoms with Gasteiger partial charge in [0.1, 0.15) is 5.75 Å². The molecule has 0 amide bonds. The fraction of sp³-hybridized carbons (Fsp3) is 0.231. The van der Waals surface area contributed by atoms with E-state index in [1.165, 1.54) is 0 Å². The van der Waals surface area contributed by atoms with E-state index in [9.17, 15) is 0 Å². The Kier molecular flexibility index (Phi) is 4.63. The second-order valence-electron chi connectivity index (χ2n) is 3.69. The highest BCUT2D eigenvalue weighted by atomic mass is 16.5. The first-order valence-electron chi connectivity index (χ1n) is 5.73. The summed E-state index contributed by atoms with van der Waals surface area (Å²) in [4.78, 5) is 7.96. The molecule has 0 bridgehead atoms. The minimum absolute atomic E-state index is 0.147. The SMILES string of the molecule is OCCNCc1ccc(Oc2cnccn2)cc1. The second-order valence-corrected chi connectivity index (χ2v) is 3.69. The van der Waals surface area contributed by atoms with E-state index < -0.39 is 0 Å². The molecule has 1 aromatic heterocycles.